The molecule has 0 aliphatic carbocycles. The first-order valence-electron chi connectivity index (χ1n) is 10.7. The van der Waals surface area contributed by atoms with E-state index in [9.17, 15) is 4.79 Å². The van der Waals surface area contributed by atoms with E-state index in [0.29, 0.717) is 23.9 Å². The lowest BCUT2D eigenvalue weighted by Crippen LogP contribution is -2.60. The molecular weight excluding hydrogens is 358 g/mol. The topological polar surface area (TPSA) is 36.4 Å². The standard InChI is InChI=1S/C25H25N3O/c29-25(21-8-4-7-19-15-26-12-9-20(19)21)28-16-22(17-5-2-1-3-6-17)24-23(28)18-10-13-27(24)14-11-18/h1-9,12,15,18,22-24H,10-11,13-14,16H2/t22-,23+,24+/m0/s1. The van der Waals surface area contributed by atoms with E-state index >= 15 is 0 Å². The molecule has 4 heteroatoms. The molecule has 4 fully saturated rings. The molecule has 1 amide bonds. The lowest BCUT2D eigenvalue weighted by Gasteiger charge is -2.51. The Morgan fingerprint density at radius 2 is 1.76 bits per heavy atom. The van der Waals surface area contributed by atoms with Crippen molar-refractivity contribution in [3.63, 3.8) is 0 Å². The molecule has 3 aromatic rings. The van der Waals surface area contributed by atoms with E-state index in [4.69, 9.17) is 0 Å². The molecule has 4 aliphatic rings. The quantitative estimate of drug-likeness (QED) is 0.673. The van der Waals surface area contributed by atoms with Crippen molar-refractivity contribution in [2.24, 2.45) is 5.92 Å². The van der Waals surface area contributed by atoms with Crippen LogP contribution < -0.4 is 0 Å². The summed E-state index contributed by atoms with van der Waals surface area (Å²) in [6.07, 6.45) is 6.06. The number of aromatic nitrogens is 1. The lowest BCUT2D eigenvalue weighted by atomic mass is 9.75. The monoisotopic (exact) mass is 383 g/mol. The fourth-order valence-corrected chi connectivity index (χ4v) is 6.11. The van der Waals surface area contributed by atoms with Gasteiger partial charge in [-0.15, -0.1) is 0 Å². The summed E-state index contributed by atoms with van der Waals surface area (Å²) in [7, 11) is 0. The highest BCUT2D eigenvalue weighted by atomic mass is 16.2. The van der Waals surface area contributed by atoms with Crippen LogP contribution in [0.15, 0.2) is 67.0 Å². The minimum Gasteiger partial charge on any atom is -0.333 e. The molecule has 5 heterocycles. The predicted molar refractivity (Wildman–Crippen MR) is 114 cm³/mol. The SMILES string of the molecule is O=C(c1cccc2cnccc12)N1C[C@@H](c2ccccc2)[C@@H]2[C@H]1C1CCN2CC1. The van der Waals surface area contributed by atoms with Gasteiger partial charge in [0.15, 0.2) is 0 Å². The highest BCUT2D eigenvalue weighted by molar-refractivity contribution is 6.07. The zero-order valence-corrected chi connectivity index (χ0v) is 16.4. The summed E-state index contributed by atoms with van der Waals surface area (Å²) in [6.45, 7) is 3.17. The summed E-state index contributed by atoms with van der Waals surface area (Å²) >= 11 is 0. The van der Waals surface area contributed by atoms with Gasteiger partial charge in [0.1, 0.15) is 0 Å². The molecule has 1 aromatic heterocycles. The first-order chi connectivity index (χ1) is 14.3. The molecule has 29 heavy (non-hydrogen) atoms. The van der Waals surface area contributed by atoms with Crippen LogP contribution in [-0.4, -0.2) is 52.4 Å². The average Bonchev–Trinajstić information content (AvgIpc) is 3.23. The van der Waals surface area contributed by atoms with Crippen molar-refractivity contribution in [3.05, 3.63) is 78.1 Å². The van der Waals surface area contributed by atoms with E-state index in [-0.39, 0.29) is 5.91 Å². The van der Waals surface area contributed by atoms with Crippen LogP contribution in [-0.2, 0) is 0 Å². The number of rotatable bonds is 2. The lowest BCUT2D eigenvalue weighted by molar-refractivity contribution is -0.00334. The highest BCUT2D eigenvalue weighted by Crippen LogP contribution is 2.47. The van der Waals surface area contributed by atoms with Gasteiger partial charge in [0.05, 0.1) is 6.04 Å². The van der Waals surface area contributed by atoms with Crippen LogP contribution >= 0.6 is 0 Å². The van der Waals surface area contributed by atoms with E-state index < -0.39 is 0 Å². The van der Waals surface area contributed by atoms with Crippen molar-refractivity contribution < 1.29 is 4.79 Å². The van der Waals surface area contributed by atoms with Crippen LogP contribution in [0.4, 0.5) is 0 Å². The van der Waals surface area contributed by atoms with E-state index in [0.717, 1.165) is 22.9 Å². The van der Waals surface area contributed by atoms with E-state index in [1.165, 1.54) is 31.5 Å². The summed E-state index contributed by atoms with van der Waals surface area (Å²) in [5, 5.41) is 2.04. The zero-order chi connectivity index (χ0) is 19.4. The average molecular weight is 383 g/mol. The first-order valence-corrected chi connectivity index (χ1v) is 10.7. The van der Waals surface area contributed by atoms with E-state index in [1.54, 1.807) is 6.20 Å². The number of hydrogen-bond acceptors (Lipinski definition) is 3. The Kier molecular flexibility index (Phi) is 3.95. The van der Waals surface area contributed by atoms with Gasteiger partial charge in [-0.2, -0.15) is 0 Å². The van der Waals surface area contributed by atoms with Crippen molar-refractivity contribution in [1.29, 1.82) is 0 Å². The Morgan fingerprint density at radius 3 is 2.59 bits per heavy atom. The van der Waals surface area contributed by atoms with Crippen LogP contribution in [0.2, 0.25) is 0 Å². The van der Waals surface area contributed by atoms with Crippen molar-refractivity contribution in [1.82, 2.24) is 14.8 Å². The second kappa shape index (κ2) is 6.67. The Morgan fingerprint density at radius 1 is 0.931 bits per heavy atom. The van der Waals surface area contributed by atoms with Gasteiger partial charge in [-0.05, 0) is 54.9 Å². The zero-order valence-electron chi connectivity index (χ0n) is 16.4. The Labute approximate surface area is 171 Å². The maximum absolute atomic E-state index is 13.9. The Hall–Kier alpha value is -2.72. The summed E-state index contributed by atoms with van der Waals surface area (Å²) in [4.78, 5) is 23.0. The first kappa shape index (κ1) is 17.2. The summed E-state index contributed by atoms with van der Waals surface area (Å²) in [5.41, 5.74) is 2.18. The maximum atomic E-state index is 13.9. The fraction of sp³-hybridized carbons (Fsp3) is 0.360. The molecule has 0 radical (unpaired) electrons. The number of nitrogens with zero attached hydrogens (tertiary/aromatic N) is 3. The predicted octanol–water partition coefficient (Wildman–Crippen LogP) is 3.94. The largest absolute Gasteiger partial charge is 0.333 e. The fourth-order valence-electron chi connectivity index (χ4n) is 6.11. The summed E-state index contributed by atoms with van der Waals surface area (Å²) in [6, 6.07) is 19.6. The number of hydrogen-bond donors (Lipinski definition) is 0. The van der Waals surface area contributed by atoms with Crippen molar-refractivity contribution in [2.45, 2.75) is 30.8 Å². The molecule has 4 saturated heterocycles. The molecule has 0 spiro atoms. The minimum absolute atomic E-state index is 0.184. The maximum Gasteiger partial charge on any atom is 0.254 e. The van der Waals surface area contributed by atoms with Crippen molar-refractivity contribution >= 4 is 16.7 Å². The number of piperidine rings is 3. The molecule has 3 atom stereocenters. The Balaban J connectivity index is 1.43. The molecule has 2 bridgehead atoms. The number of likely N-dealkylation sites (tertiary alicyclic amines) is 1. The third kappa shape index (κ3) is 2.62. The van der Waals surface area contributed by atoms with E-state index in [2.05, 4.69) is 45.1 Å². The van der Waals surface area contributed by atoms with Gasteiger partial charge in [-0.1, -0.05) is 42.5 Å². The van der Waals surface area contributed by atoms with Gasteiger partial charge in [-0.3, -0.25) is 14.7 Å². The van der Waals surface area contributed by atoms with Crippen LogP contribution in [0.3, 0.4) is 0 Å². The van der Waals surface area contributed by atoms with Crippen LogP contribution in [0.5, 0.6) is 0 Å². The molecule has 0 saturated carbocycles. The molecule has 2 aromatic carbocycles. The minimum atomic E-state index is 0.184. The van der Waals surface area contributed by atoms with Crippen LogP contribution in [0, 0.1) is 5.92 Å². The van der Waals surface area contributed by atoms with Gasteiger partial charge >= 0.3 is 0 Å². The van der Waals surface area contributed by atoms with Gasteiger partial charge < -0.3 is 4.90 Å². The van der Waals surface area contributed by atoms with Gasteiger partial charge in [-0.25, -0.2) is 0 Å². The number of carbonyl (C=O) groups is 1. The smallest absolute Gasteiger partial charge is 0.254 e. The van der Waals surface area contributed by atoms with Gasteiger partial charge in [0, 0.05) is 41.8 Å². The second-order valence-corrected chi connectivity index (χ2v) is 8.73. The molecule has 4 aliphatic heterocycles. The third-order valence-corrected chi connectivity index (χ3v) is 7.39. The normalized spacial score (nSPS) is 30.5. The molecule has 146 valence electrons. The van der Waals surface area contributed by atoms with Crippen molar-refractivity contribution in [2.75, 3.05) is 19.6 Å². The van der Waals surface area contributed by atoms with E-state index in [1.807, 2.05) is 30.5 Å². The molecular formula is C25H25N3O. The molecule has 4 nitrogen and oxygen atoms in total. The number of fused-ring (bicyclic) bond motifs is 3. The Bertz CT molecular complexity index is 1050. The number of pyridine rings is 1. The van der Waals surface area contributed by atoms with Gasteiger partial charge in [0.25, 0.3) is 5.91 Å². The third-order valence-electron chi connectivity index (χ3n) is 7.39. The van der Waals surface area contributed by atoms with Crippen molar-refractivity contribution in [3.8, 4) is 0 Å². The molecule has 0 unspecified atom stereocenters. The number of carbonyl (C=O) groups excluding carboxylic acids is 1. The summed E-state index contributed by atoms with van der Waals surface area (Å²) < 4.78 is 0. The summed E-state index contributed by atoms with van der Waals surface area (Å²) in [5.74, 6) is 1.20. The number of amides is 1. The number of benzene rings is 2. The second-order valence-electron chi connectivity index (χ2n) is 8.73. The van der Waals surface area contributed by atoms with Crippen LogP contribution in [0.1, 0.15) is 34.7 Å². The van der Waals surface area contributed by atoms with Crippen LogP contribution in [0.25, 0.3) is 10.8 Å². The van der Waals surface area contributed by atoms with Gasteiger partial charge in [0.2, 0.25) is 0 Å². The molecule has 7 rings (SSSR count). The highest BCUT2D eigenvalue weighted by Gasteiger charge is 2.54. The molecule has 0 N–H and O–H groups in total.